The minimum Gasteiger partial charge on any atom is -0.379 e. The van der Waals surface area contributed by atoms with Crippen LogP contribution in [0.25, 0.3) is 5.69 Å². The molecule has 0 atom stereocenters. The Morgan fingerprint density at radius 1 is 1.12 bits per heavy atom. The summed E-state index contributed by atoms with van der Waals surface area (Å²) < 4.78 is 47.6. The highest BCUT2D eigenvalue weighted by Gasteiger charge is 2.40. The zero-order valence-corrected chi connectivity index (χ0v) is 17.7. The van der Waals surface area contributed by atoms with Crippen molar-refractivity contribution in [2.75, 3.05) is 31.6 Å². The summed E-state index contributed by atoms with van der Waals surface area (Å²) in [6, 6.07) is 12.8. The number of hydrogen-bond donors (Lipinski definition) is 1. The molecule has 10 heteroatoms. The maximum Gasteiger partial charge on any atom is 0.434 e. The third-order valence-electron chi connectivity index (χ3n) is 5.05. The zero-order valence-electron chi connectivity index (χ0n) is 16.9. The van der Waals surface area contributed by atoms with Crippen molar-refractivity contribution in [3.8, 4) is 5.69 Å². The molecule has 1 fully saturated rings. The lowest BCUT2D eigenvalue weighted by Gasteiger charge is -2.26. The van der Waals surface area contributed by atoms with Crippen molar-refractivity contribution in [3.05, 3.63) is 76.6 Å². The third-order valence-corrected chi connectivity index (χ3v) is 5.30. The van der Waals surface area contributed by atoms with Gasteiger partial charge in [-0.05, 0) is 42.0 Å². The molecule has 0 spiro atoms. The van der Waals surface area contributed by atoms with Crippen LogP contribution >= 0.6 is 11.6 Å². The number of nitrogens with zero attached hydrogens (tertiary/aromatic N) is 3. The molecule has 0 aliphatic carbocycles. The lowest BCUT2D eigenvalue weighted by molar-refractivity contribution is -0.143. The lowest BCUT2D eigenvalue weighted by Crippen LogP contribution is -2.35. The number of carbonyl (C=O) groups is 1. The fourth-order valence-electron chi connectivity index (χ4n) is 3.53. The second-order valence-corrected chi connectivity index (χ2v) is 7.77. The maximum atomic E-state index is 13.8. The number of morpholine rings is 1. The van der Waals surface area contributed by atoms with E-state index >= 15 is 0 Å². The van der Waals surface area contributed by atoms with Crippen molar-refractivity contribution in [3.63, 3.8) is 0 Å². The van der Waals surface area contributed by atoms with Crippen molar-refractivity contribution < 1.29 is 22.7 Å². The molecule has 1 aliphatic rings. The summed E-state index contributed by atoms with van der Waals surface area (Å²) in [6.45, 7) is 3.59. The molecule has 0 unspecified atom stereocenters. The van der Waals surface area contributed by atoms with Gasteiger partial charge >= 0.3 is 6.18 Å². The number of halogens is 4. The molecule has 3 aromatic rings. The number of carbonyl (C=O) groups excluding carboxylic acids is 1. The van der Waals surface area contributed by atoms with Gasteiger partial charge in [-0.2, -0.15) is 18.3 Å². The van der Waals surface area contributed by atoms with Gasteiger partial charge in [-0.25, -0.2) is 4.68 Å². The largest absolute Gasteiger partial charge is 0.434 e. The van der Waals surface area contributed by atoms with E-state index in [0.29, 0.717) is 35.2 Å². The number of benzene rings is 2. The van der Waals surface area contributed by atoms with Crippen LogP contribution in [0.1, 0.15) is 21.6 Å². The molecule has 1 amide bonds. The molecule has 6 nitrogen and oxygen atoms in total. The maximum absolute atomic E-state index is 13.8. The smallest absolute Gasteiger partial charge is 0.379 e. The van der Waals surface area contributed by atoms with Gasteiger partial charge in [0.2, 0.25) is 0 Å². The first-order valence-electron chi connectivity index (χ1n) is 9.93. The van der Waals surface area contributed by atoms with E-state index < -0.39 is 23.3 Å². The van der Waals surface area contributed by atoms with Gasteiger partial charge in [0.1, 0.15) is 0 Å². The molecule has 0 radical (unpaired) electrons. The molecule has 1 aromatic heterocycles. The van der Waals surface area contributed by atoms with Crippen LogP contribution in [0.3, 0.4) is 0 Å². The number of amides is 1. The predicted molar refractivity (Wildman–Crippen MR) is 114 cm³/mol. The third kappa shape index (κ3) is 5.12. The van der Waals surface area contributed by atoms with E-state index in [4.69, 9.17) is 16.3 Å². The topological polar surface area (TPSA) is 59.4 Å². The Morgan fingerprint density at radius 2 is 1.84 bits per heavy atom. The van der Waals surface area contributed by atoms with Crippen molar-refractivity contribution in [1.82, 2.24) is 14.7 Å². The molecule has 168 valence electrons. The SMILES string of the molecule is O=C(Nc1cccc(CN2CCOCC2)c1)c1cnn(-c2ccc(Cl)cc2)c1C(F)(F)F. The predicted octanol–water partition coefficient (Wildman–Crippen LogP) is 4.63. The Bertz CT molecular complexity index is 1090. The summed E-state index contributed by atoms with van der Waals surface area (Å²) in [6.07, 6.45) is -3.87. The van der Waals surface area contributed by atoms with Gasteiger partial charge in [0, 0.05) is 30.3 Å². The van der Waals surface area contributed by atoms with E-state index in [0.717, 1.165) is 24.8 Å². The Balaban J connectivity index is 1.57. The van der Waals surface area contributed by atoms with Crippen LogP contribution in [-0.4, -0.2) is 46.9 Å². The minimum atomic E-state index is -4.79. The summed E-state index contributed by atoms with van der Waals surface area (Å²) in [5, 5.41) is 6.76. The Morgan fingerprint density at radius 3 is 2.53 bits per heavy atom. The van der Waals surface area contributed by atoms with Crippen LogP contribution in [0.5, 0.6) is 0 Å². The summed E-state index contributed by atoms with van der Waals surface area (Å²) in [4.78, 5) is 15.0. The molecule has 2 aromatic carbocycles. The number of ether oxygens (including phenoxy) is 1. The molecule has 32 heavy (non-hydrogen) atoms. The van der Waals surface area contributed by atoms with Crippen LogP contribution in [0, 0.1) is 0 Å². The second kappa shape index (κ2) is 9.32. The van der Waals surface area contributed by atoms with Crippen LogP contribution in [0.15, 0.2) is 54.7 Å². The number of rotatable bonds is 5. The van der Waals surface area contributed by atoms with Crippen LogP contribution < -0.4 is 5.32 Å². The number of alkyl halides is 3. The summed E-state index contributed by atoms with van der Waals surface area (Å²) in [5.74, 6) is -0.888. The number of hydrogen-bond acceptors (Lipinski definition) is 4. The van der Waals surface area contributed by atoms with Gasteiger partial charge in [0.15, 0.2) is 5.69 Å². The summed E-state index contributed by atoms with van der Waals surface area (Å²) in [7, 11) is 0. The summed E-state index contributed by atoms with van der Waals surface area (Å²) >= 11 is 5.82. The van der Waals surface area contributed by atoms with Crippen LogP contribution in [0.2, 0.25) is 5.02 Å². The minimum absolute atomic E-state index is 0.147. The number of anilines is 1. The van der Waals surface area contributed by atoms with Gasteiger partial charge < -0.3 is 10.1 Å². The van der Waals surface area contributed by atoms with Crippen molar-refractivity contribution in [2.45, 2.75) is 12.7 Å². The average Bonchev–Trinajstić information content (AvgIpc) is 3.21. The first-order chi connectivity index (χ1) is 15.3. The molecule has 1 aliphatic heterocycles. The molecule has 4 rings (SSSR count). The molecular weight excluding hydrogens is 445 g/mol. The highest BCUT2D eigenvalue weighted by atomic mass is 35.5. The first kappa shape index (κ1) is 22.3. The van der Waals surface area contributed by atoms with E-state index in [1.807, 2.05) is 6.07 Å². The molecular formula is C22H20ClF3N4O2. The summed E-state index contributed by atoms with van der Waals surface area (Å²) in [5.41, 5.74) is -0.216. The highest BCUT2D eigenvalue weighted by Crippen LogP contribution is 2.34. The van der Waals surface area contributed by atoms with E-state index in [1.165, 1.54) is 24.3 Å². The molecule has 0 bridgehead atoms. The van der Waals surface area contributed by atoms with Crippen molar-refractivity contribution in [2.24, 2.45) is 0 Å². The molecule has 1 saturated heterocycles. The Kier molecular flexibility index (Phi) is 6.50. The second-order valence-electron chi connectivity index (χ2n) is 7.34. The zero-order chi connectivity index (χ0) is 22.7. The van der Waals surface area contributed by atoms with Crippen LogP contribution in [0.4, 0.5) is 18.9 Å². The molecule has 2 heterocycles. The quantitative estimate of drug-likeness (QED) is 0.598. The van der Waals surface area contributed by atoms with Crippen LogP contribution in [-0.2, 0) is 17.5 Å². The lowest BCUT2D eigenvalue weighted by atomic mass is 10.1. The van der Waals surface area contributed by atoms with Gasteiger partial charge in [-0.1, -0.05) is 23.7 Å². The van der Waals surface area contributed by atoms with E-state index in [9.17, 15) is 18.0 Å². The highest BCUT2D eigenvalue weighted by molar-refractivity contribution is 6.30. The average molecular weight is 465 g/mol. The van der Waals surface area contributed by atoms with Gasteiger partial charge in [0.05, 0.1) is 30.7 Å². The Hall–Kier alpha value is -2.88. The molecule has 0 saturated carbocycles. The standard InChI is InChI=1S/C22H20ClF3N4O2/c23-16-4-6-18(7-5-16)30-20(22(24,25)26)19(13-27-30)21(31)28-17-3-1-2-15(12-17)14-29-8-10-32-11-9-29/h1-7,12-13H,8-11,14H2,(H,28,31). The van der Waals surface area contributed by atoms with Crippen molar-refractivity contribution in [1.29, 1.82) is 0 Å². The number of aromatic nitrogens is 2. The van der Waals surface area contributed by atoms with E-state index in [2.05, 4.69) is 15.3 Å². The Labute approximate surface area is 187 Å². The van der Waals surface area contributed by atoms with Gasteiger partial charge in [0.25, 0.3) is 5.91 Å². The van der Waals surface area contributed by atoms with Gasteiger partial charge in [-0.15, -0.1) is 0 Å². The normalized spacial score (nSPS) is 15.0. The fourth-order valence-corrected chi connectivity index (χ4v) is 3.65. The number of nitrogens with one attached hydrogen (secondary N) is 1. The van der Waals surface area contributed by atoms with E-state index in [1.54, 1.807) is 18.2 Å². The first-order valence-corrected chi connectivity index (χ1v) is 10.3. The van der Waals surface area contributed by atoms with Crippen molar-refractivity contribution >= 4 is 23.2 Å². The van der Waals surface area contributed by atoms with E-state index in [-0.39, 0.29) is 5.69 Å². The monoisotopic (exact) mass is 464 g/mol. The van der Waals surface area contributed by atoms with Gasteiger partial charge in [-0.3, -0.25) is 9.69 Å². The fraction of sp³-hybridized carbons (Fsp3) is 0.273. The molecule has 1 N–H and O–H groups in total.